The van der Waals surface area contributed by atoms with E-state index in [0.717, 1.165) is 46.9 Å². The van der Waals surface area contributed by atoms with E-state index in [1.165, 1.54) is 22.5 Å². The molecule has 2 aliphatic heterocycles. The molecule has 2 amide bonds. The average molecular weight is 611 g/mol. The van der Waals surface area contributed by atoms with E-state index in [-0.39, 0.29) is 0 Å². The number of benzene rings is 3. The van der Waals surface area contributed by atoms with E-state index in [2.05, 4.69) is 24.3 Å². The highest BCUT2D eigenvalue weighted by atomic mass is 32.1. The van der Waals surface area contributed by atoms with Gasteiger partial charge in [0.15, 0.2) is 0 Å². The lowest BCUT2D eigenvalue weighted by Gasteiger charge is -2.34. The second kappa shape index (κ2) is 13.8. The number of thiophene rings is 1. The molecule has 4 aromatic rings. The molecule has 10 heteroatoms. The standard InChI is InChI=1S/C34H39BN4O4S/c36-22-27-8-1-4-10-29(27)24-13-17-38(18-14-24)33(40)42-35(32-21-26-7-3-6-12-31(26)44-32)43-34(41)39-19-15-25(16-20-39)30-11-5-2-9-28(30)23-37/h1-12,21,24-25H,13-20,22-23,36-37H2. The minimum Gasteiger partial charge on any atom is -0.478 e. The average Bonchev–Trinajstić information content (AvgIpc) is 3.52. The van der Waals surface area contributed by atoms with E-state index in [4.69, 9.17) is 20.8 Å². The number of hydrogen-bond acceptors (Lipinski definition) is 7. The zero-order valence-corrected chi connectivity index (χ0v) is 25.7. The number of carbonyl (C=O) groups is 2. The third kappa shape index (κ3) is 6.62. The van der Waals surface area contributed by atoms with Crippen LogP contribution in [0.15, 0.2) is 78.9 Å². The molecule has 3 aromatic carbocycles. The van der Waals surface area contributed by atoms with E-state index in [0.29, 0.717) is 55.9 Å². The van der Waals surface area contributed by atoms with Crippen LogP contribution in [0.4, 0.5) is 9.59 Å². The van der Waals surface area contributed by atoms with Crippen molar-refractivity contribution >= 4 is 45.5 Å². The maximum atomic E-state index is 13.5. The molecule has 2 fully saturated rings. The molecule has 6 rings (SSSR count). The summed E-state index contributed by atoms with van der Waals surface area (Å²) in [5, 5.41) is 1.02. The van der Waals surface area contributed by atoms with Crippen LogP contribution in [0.5, 0.6) is 0 Å². The van der Waals surface area contributed by atoms with Gasteiger partial charge in [0.2, 0.25) is 0 Å². The van der Waals surface area contributed by atoms with Crippen LogP contribution in [-0.2, 0) is 22.4 Å². The van der Waals surface area contributed by atoms with Gasteiger partial charge in [-0.1, -0.05) is 66.7 Å². The van der Waals surface area contributed by atoms with Gasteiger partial charge in [-0.3, -0.25) is 0 Å². The highest BCUT2D eigenvalue weighted by Crippen LogP contribution is 2.32. The Kier molecular flexibility index (Phi) is 9.50. The summed E-state index contributed by atoms with van der Waals surface area (Å²) in [6, 6.07) is 26.4. The van der Waals surface area contributed by atoms with Crippen LogP contribution in [0.25, 0.3) is 10.1 Å². The number of nitrogens with zero attached hydrogens (tertiary/aromatic N) is 2. The van der Waals surface area contributed by atoms with Crippen molar-refractivity contribution in [2.75, 3.05) is 26.2 Å². The number of carbonyl (C=O) groups excluding carboxylic acids is 2. The summed E-state index contributed by atoms with van der Waals surface area (Å²) in [5.74, 6) is 0.685. The van der Waals surface area contributed by atoms with E-state index < -0.39 is 19.3 Å². The van der Waals surface area contributed by atoms with Crippen LogP contribution >= 0.6 is 11.3 Å². The SMILES string of the molecule is NCc1ccccc1C1CCN(C(=O)OB(OC(=O)N2CCC(c3ccccc3CN)CC2)c2cc3ccccc3s2)CC1. The first kappa shape index (κ1) is 30.2. The van der Waals surface area contributed by atoms with Gasteiger partial charge in [0.25, 0.3) is 0 Å². The number of amides is 2. The van der Waals surface area contributed by atoms with Gasteiger partial charge in [0, 0.05) is 44.0 Å². The third-order valence-corrected chi connectivity index (χ3v) is 10.2. The monoisotopic (exact) mass is 610 g/mol. The van der Waals surface area contributed by atoms with Crippen molar-refractivity contribution in [1.29, 1.82) is 0 Å². The molecular formula is C34H39BN4O4S. The molecule has 2 aliphatic rings. The Bertz CT molecular complexity index is 1480. The fourth-order valence-corrected chi connectivity index (χ4v) is 7.60. The lowest BCUT2D eigenvalue weighted by Crippen LogP contribution is -2.48. The van der Waals surface area contributed by atoms with Crippen molar-refractivity contribution in [2.24, 2.45) is 11.5 Å². The largest absolute Gasteiger partial charge is 0.649 e. The molecule has 2 saturated heterocycles. The molecule has 0 aliphatic carbocycles. The minimum absolute atomic E-state index is 0.342. The molecule has 8 nitrogen and oxygen atoms in total. The van der Waals surface area contributed by atoms with Crippen LogP contribution in [0.3, 0.4) is 0 Å². The van der Waals surface area contributed by atoms with Crippen molar-refractivity contribution < 1.29 is 18.9 Å². The number of fused-ring (bicyclic) bond motifs is 1. The zero-order valence-electron chi connectivity index (χ0n) is 24.9. The van der Waals surface area contributed by atoms with Crippen molar-refractivity contribution in [3.63, 3.8) is 0 Å². The second-order valence-corrected chi connectivity index (χ2v) is 12.7. The van der Waals surface area contributed by atoms with E-state index >= 15 is 0 Å². The Morgan fingerprint density at radius 3 is 1.64 bits per heavy atom. The number of piperidine rings is 2. The summed E-state index contributed by atoms with van der Waals surface area (Å²) in [4.78, 5) is 30.3. The predicted octanol–water partition coefficient (Wildman–Crippen LogP) is 5.55. The van der Waals surface area contributed by atoms with Crippen LogP contribution in [0.1, 0.15) is 59.8 Å². The molecule has 44 heavy (non-hydrogen) atoms. The maximum absolute atomic E-state index is 13.5. The smallest absolute Gasteiger partial charge is 0.478 e. The number of hydrogen-bond donors (Lipinski definition) is 2. The molecule has 0 unspecified atom stereocenters. The Hall–Kier alpha value is -3.86. The first-order valence-corrected chi connectivity index (χ1v) is 16.3. The first-order valence-electron chi connectivity index (χ1n) is 15.5. The molecule has 0 atom stereocenters. The molecule has 3 heterocycles. The molecule has 0 radical (unpaired) electrons. The topological polar surface area (TPSA) is 111 Å². The van der Waals surface area contributed by atoms with Crippen molar-refractivity contribution in [2.45, 2.75) is 50.6 Å². The zero-order chi connectivity index (χ0) is 30.5. The highest BCUT2D eigenvalue weighted by Gasteiger charge is 2.38. The summed E-state index contributed by atoms with van der Waals surface area (Å²) in [7, 11) is -1.13. The molecule has 1 aromatic heterocycles. The van der Waals surface area contributed by atoms with Crippen LogP contribution in [0, 0.1) is 0 Å². The molecular weight excluding hydrogens is 571 g/mol. The normalized spacial score (nSPS) is 16.2. The number of nitrogens with two attached hydrogens (primary N) is 2. The summed E-state index contributed by atoms with van der Waals surface area (Å²) in [6.07, 6.45) is 2.35. The first-order chi connectivity index (χ1) is 21.5. The van der Waals surface area contributed by atoms with E-state index in [1.807, 2.05) is 54.6 Å². The summed E-state index contributed by atoms with van der Waals surface area (Å²) < 4.78 is 13.7. The third-order valence-electron chi connectivity index (χ3n) is 9.03. The summed E-state index contributed by atoms with van der Waals surface area (Å²) >= 11 is 1.47. The van der Waals surface area contributed by atoms with Gasteiger partial charge in [0.05, 0.1) is 4.78 Å². The Labute approximate surface area is 263 Å². The minimum atomic E-state index is -1.13. The predicted molar refractivity (Wildman–Crippen MR) is 176 cm³/mol. The number of rotatable bonds is 7. The van der Waals surface area contributed by atoms with Crippen molar-refractivity contribution in [3.05, 3.63) is 101 Å². The van der Waals surface area contributed by atoms with Gasteiger partial charge >= 0.3 is 19.3 Å². The van der Waals surface area contributed by atoms with Gasteiger partial charge in [-0.25, -0.2) is 9.59 Å². The molecule has 0 spiro atoms. The maximum Gasteiger partial charge on any atom is 0.649 e. The second-order valence-electron chi connectivity index (χ2n) is 11.6. The molecule has 0 bridgehead atoms. The fraction of sp³-hybridized carbons (Fsp3) is 0.353. The van der Waals surface area contributed by atoms with Crippen LogP contribution in [0.2, 0.25) is 0 Å². The Morgan fingerprint density at radius 1 is 0.705 bits per heavy atom. The Balaban J connectivity index is 1.12. The van der Waals surface area contributed by atoms with E-state index in [9.17, 15) is 9.59 Å². The number of likely N-dealkylation sites (tertiary alicyclic amines) is 2. The van der Waals surface area contributed by atoms with Crippen LogP contribution in [-0.4, -0.2) is 55.3 Å². The lowest BCUT2D eigenvalue weighted by molar-refractivity contribution is 0.114. The van der Waals surface area contributed by atoms with Crippen LogP contribution < -0.4 is 16.2 Å². The van der Waals surface area contributed by atoms with E-state index in [1.54, 1.807) is 9.80 Å². The van der Waals surface area contributed by atoms with Gasteiger partial charge < -0.3 is 30.6 Å². The van der Waals surface area contributed by atoms with Crippen molar-refractivity contribution in [3.8, 4) is 0 Å². The van der Waals surface area contributed by atoms with Gasteiger partial charge in [0.1, 0.15) is 0 Å². The Morgan fingerprint density at radius 2 is 1.16 bits per heavy atom. The molecule has 4 N–H and O–H groups in total. The summed E-state index contributed by atoms with van der Waals surface area (Å²) in [6.45, 7) is 3.25. The highest BCUT2D eigenvalue weighted by molar-refractivity contribution is 7.28. The summed E-state index contributed by atoms with van der Waals surface area (Å²) in [5.41, 5.74) is 16.8. The molecule has 0 saturated carbocycles. The van der Waals surface area contributed by atoms with Gasteiger partial charge in [-0.2, -0.15) is 0 Å². The van der Waals surface area contributed by atoms with Gasteiger partial charge in [-0.15, -0.1) is 11.3 Å². The van der Waals surface area contributed by atoms with Crippen molar-refractivity contribution in [1.82, 2.24) is 9.80 Å². The quantitative estimate of drug-likeness (QED) is 0.266. The lowest BCUT2D eigenvalue weighted by atomic mass is 9.86. The molecule has 228 valence electrons. The fourth-order valence-electron chi connectivity index (χ4n) is 6.57. The van der Waals surface area contributed by atoms with Gasteiger partial charge in [-0.05, 0) is 77.3 Å².